The number of urea groups is 1. The van der Waals surface area contributed by atoms with Crippen molar-refractivity contribution in [2.75, 3.05) is 7.11 Å². The van der Waals surface area contributed by atoms with Crippen LogP contribution in [0.4, 0.5) is 4.79 Å². The lowest BCUT2D eigenvalue weighted by molar-refractivity contribution is -0.130. The van der Waals surface area contributed by atoms with Crippen LogP contribution >= 0.6 is 0 Å². The molecule has 1 saturated heterocycles. The first-order valence-corrected chi connectivity index (χ1v) is 9.00. The van der Waals surface area contributed by atoms with E-state index in [0.717, 1.165) is 17.2 Å². The summed E-state index contributed by atoms with van der Waals surface area (Å²) in [5.74, 6) is -1.14. The summed E-state index contributed by atoms with van der Waals surface area (Å²) in [6.07, 6.45) is 2.30. The number of methoxy groups -OCH3 is 1. The van der Waals surface area contributed by atoms with Crippen LogP contribution in [0.1, 0.15) is 11.1 Å². The quantitative estimate of drug-likeness (QED) is 0.529. The number of carbonyl (C=O) groups excluding carboxylic acids is 3. The van der Waals surface area contributed by atoms with E-state index in [4.69, 9.17) is 9.15 Å². The molecule has 0 aliphatic carbocycles. The second-order valence-electron chi connectivity index (χ2n) is 6.58. The van der Waals surface area contributed by atoms with Gasteiger partial charge in [0.25, 0.3) is 11.8 Å². The van der Waals surface area contributed by atoms with Crippen molar-refractivity contribution in [3.63, 3.8) is 0 Å². The SMILES string of the molecule is COc1ccc2c(=O)c(/C=C3/C(=O)NC(=O)N(Cc4ccccc4)C3=O)coc2c1. The molecule has 4 amide bonds. The van der Waals surface area contributed by atoms with Gasteiger partial charge >= 0.3 is 6.03 Å². The van der Waals surface area contributed by atoms with E-state index in [9.17, 15) is 19.2 Å². The van der Waals surface area contributed by atoms with E-state index in [-0.39, 0.29) is 23.1 Å². The van der Waals surface area contributed by atoms with E-state index in [1.54, 1.807) is 36.4 Å². The molecule has 0 saturated carbocycles. The van der Waals surface area contributed by atoms with Gasteiger partial charge in [0.15, 0.2) is 5.43 Å². The van der Waals surface area contributed by atoms with Gasteiger partial charge in [0.2, 0.25) is 0 Å². The summed E-state index contributed by atoms with van der Waals surface area (Å²) < 4.78 is 10.6. The minimum absolute atomic E-state index is 0.0117. The third-order valence-corrected chi connectivity index (χ3v) is 4.68. The van der Waals surface area contributed by atoms with Gasteiger partial charge in [0, 0.05) is 6.07 Å². The summed E-state index contributed by atoms with van der Waals surface area (Å²) in [5.41, 5.74) is 0.292. The van der Waals surface area contributed by atoms with Gasteiger partial charge in [-0.1, -0.05) is 30.3 Å². The highest BCUT2D eigenvalue weighted by Crippen LogP contribution is 2.21. The summed E-state index contributed by atoms with van der Waals surface area (Å²) in [6.45, 7) is -0.0117. The first-order valence-electron chi connectivity index (χ1n) is 9.00. The van der Waals surface area contributed by atoms with Crippen molar-refractivity contribution in [2.24, 2.45) is 0 Å². The molecule has 30 heavy (non-hydrogen) atoms. The van der Waals surface area contributed by atoms with Gasteiger partial charge in [-0.2, -0.15) is 0 Å². The van der Waals surface area contributed by atoms with Gasteiger partial charge < -0.3 is 9.15 Å². The van der Waals surface area contributed by atoms with Crippen molar-refractivity contribution in [3.05, 3.63) is 81.7 Å². The molecule has 2 heterocycles. The molecule has 150 valence electrons. The first-order chi connectivity index (χ1) is 14.5. The number of ether oxygens (including phenoxy) is 1. The number of nitrogens with one attached hydrogen (secondary N) is 1. The van der Waals surface area contributed by atoms with Gasteiger partial charge in [-0.25, -0.2) is 4.79 Å². The van der Waals surface area contributed by atoms with E-state index in [0.29, 0.717) is 16.9 Å². The molecule has 2 aromatic carbocycles. The Bertz CT molecular complexity index is 1260. The van der Waals surface area contributed by atoms with Gasteiger partial charge in [-0.15, -0.1) is 0 Å². The number of carbonyl (C=O) groups is 3. The molecule has 0 bridgehead atoms. The number of hydrogen-bond donors (Lipinski definition) is 1. The fourth-order valence-electron chi connectivity index (χ4n) is 3.11. The maximum Gasteiger partial charge on any atom is 0.331 e. The summed E-state index contributed by atoms with van der Waals surface area (Å²) in [7, 11) is 1.49. The lowest BCUT2D eigenvalue weighted by atomic mass is 10.1. The Morgan fingerprint density at radius 3 is 2.57 bits per heavy atom. The van der Waals surface area contributed by atoms with Gasteiger partial charge in [-0.05, 0) is 23.8 Å². The molecule has 1 fully saturated rings. The minimum Gasteiger partial charge on any atom is -0.497 e. The summed E-state index contributed by atoms with van der Waals surface area (Å²) in [4.78, 5) is 51.0. The average molecular weight is 404 g/mol. The van der Waals surface area contributed by atoms with Crippen molar-refractivity contribution < 1.29 is 23.5 Å². The Hall–Kier alpha value is -4.20. The van der Waals surface area contributed by atoms with Crippen LogP contribution in [-0.2, 0) is 16.1 Å². The van der Waals surface area contributed by atoms with E-state index >= 15 is 0 Å². The zero-order valence-corrected chi connectivity index (χ0v) is 15.9. The van der Waals surface area contributed by atoms with Crippen LogP contribution in [0.25, 0.3) is 17.0 Å². The van der Waals surface area contributed by atoms with Crippen molar-refractivity contribution in [2.45, 2.75) is 6.54 Å². The van der Waals surface area contributed by atoms with Crippen molar-refractivity contribution in [3.8, 4) is 5.75 Å². The second kappa shape index (κ2) is 7.67. The molecule has 1 aliphatic rings. The fraction of sp³-hybridized carbons (Fsp3) is 0.0909. The number of hydrogen-bond acceptors (Lipinski definition) is 6. The van der Waals surface area contributed by atoms with Crippen molar-refractivity contribution >= 4 is 34.9 Å². The predicted octanol–water partition coefficient (Wildman–Crippen LogP) is 2.46. The zero-order valence-electron chi connectivity index (χ0n) is 15.9. The molecule has 1 aromatic heterocycles. The standard InChI is InChI=1S/C22H16N2O6/c1-29-15-7-8-16-18(10-15)30-12-14(19(16)25)9-17-20(26)23-22(28)24(21(17)27)11-13-5-3-2-4-6-13/h2-10,12H,11H2,1H3,(H,23,26,28)/b17-9-. The molecule has 8 nitrogen and oxygen atoms in total. The zero-order chi connectivity index (χ0) is 21.3. The molecule has 8 heteroatoms. The van der Waals surface area contributed by atoms with Gasteiger partial charge in [0.05, 0.1) is 24.6 Å². The van der Waals surface area contributed by atoms with E-state index in [2.05, 4.69) is 5.32 Å². The van der Waals surface area contributed by atoms with Crippen LogP contribution < -0.4 is 15.5 Å². The minimum atomic E-state index is -0.872. The normalized spacial score (nSPS) is 15.6. The Balaban J connectivity index is 1.72. The third kappa shape index (κ3) is 3.46. The molecule has 0 spiro atoms. The summed E-state index contributed by atoms with van der Waals surface area (Å²) in [6, 6.07) is 12.8. The Kier molecular flexibility index (Phi) is 4.89. The Labute approximate surface area is 170 Å². The average Bonchev–Trinajstić information content (AvgIpc) is 2.76. The lowest BCUT2D eigenvalue weighted by Gasteiger charge is -2.26. The van der Waals surface area contributed by atoms with E-state index in [1.807, 2.05) is 6.07 Å². The predicted molar refractivity (Wildman–Crippen MR) is 108 cm³/mol. The number of rotatable bonds is 4. The summed E-state index contributed by atoms with van der Waals surface area (Å²) >= 11 is 0. The third-order valence-electron chi connectivity index (χ3n) is 4.68. The molecular formula is C22H16N2O6. The van der Waals surface area contributed by atoms with Crippen LogP contribution in [0, 0.1) is 0 Å². The van der Waals surface area contributed by atoms with Crippen LogP contribution in [0.3, 0.4) is 0 Å². The topological polar surface area (TPSA) is 106 Å². The highest BCUT2D eigenvalue weighted by Gasteiger charge is 2.35. The van der Waals surface area contributed by atoms with E-state index < -0.39 is 23.3 Å². The Morgan fingerprint density at radius 2 is 1.83 bits per heavy atom. The molecule has 0 atom stereocenters. The number of imide groups is 2. The highest BCUT2D eigenvalue weighted by atomic mass is 16.5. The fourth-order valence-corrected chi connectivity index (χ4v) is 3.11. The van der Waals surface area contributed by atoms with Gasteiger partial charge in [-0.3, -0.25) is 24.6 Å². The molecule has 0 unspecified atom stereocenters. The van der Waals surface area contributed by atoms with Crippen LogP contribution in [0.5, 0.6) is 5.75 Å². The summed E-state index contributed by atoms with van der Waals surface area (Å²) in [5, 5.41) is 2.40. The molecule has 3 aromatic rings. The highest BCUT2D eigenvalue weighted by molar-refractivity contribution is 6.31. The van der Waals surface area contributed by atoms with Gasteiger partial charge in [0.1, 0.15) is 23.2 Å². The van der Waals surface area contributed by atoms with Crippen LogP contribution in [-0.4, -0.2) is 29.9 Å². The smallest absolute Gasteiger partial charge is 0.331 e. The molecule has 0 radical (unpaired) electrons. The maximum absolute atomic E-state index is 12.8. The molecule has 1 aliphatic heterocycles. The number of fused-ring (bicyclic) bond motifs is 1. The Morgan fingerprint density at radius 1 is 1.07 bits per heavy atom. The van der Waals surface area contributed by atoms with Crippen molar-refractivity contribution in [1.29, 1.82) is 0 Å². The first kappa shape index (κ1) is 19.1. The van der Waals surface area contributed by atoms with E-state index in [1.165, 1.54) is 13.2 Å². The maximum atomic E-state index is 12.8. The largest absolute Gasteiger partial charge is 0.497 e. The number of amides is 4. The molecular weight excluding hydrogens is 388 g/mol. The van der Waals surface area contributed by atoms with Crippen LogP contribution in [0.2, 0.25) is 0 Å². The van der Waals surface area contributed by atoms with Crippen molar-refractivity contribution in [1.82, 2.24) is 10.2 Å². The monoisotopic (exact) mass is 404 g/mol. The number of barbiturate groups is 1. The molecule has 4 rings (SSSR count). The molecule has 1 N–H and O–H groups in total. The van der Waals surface area contributed by atoms with Crippen LogP contribution in [0.15, 0.2) is 69.6 Å². The number of nitrogens with zero attached hydrogens (tertiary/aromatic N) is 1. The second-order valence-corrected chi connectivity index (χ2v) is 6.58. The number of benzene rings is 2. The lowest BCUT2D eigenvalue weighted by Crippen LogP contribution is -2.53.